The van der Waals surface area contributed by atoms with Crippen LogP contribution in [0.15, 0.2) is 67.7 Å². The summed E-state index contributed by atoms with van der Waals surface area (Å²) in [6.07, 6.45) is 0.0222. The van der Waals surface area contributed by atoms with Gasteiger partial charge in [0.25, 0.3) is 26.1 Å². The van der Waals surface area contributed by atoms with Crippen molar-refractivity contribution in [2.75, 3.05) is 102 Å². The summed E-state index contributed by atoms with van der Waals surface area (Å²) in [5.41, 5.74) is 8.55. The molecule has 1 fully saturated rings. The number of fused-ring (bicyclic) bond motifs is 2. The third kappa shape index (κ3) is 26.9. The van der Waals surface area contributed by atoms with Crippen LogP contribution in [0.25, 0.3) is 33.4 Å². The molecule has 1 aliphatic carbocycles. The van der Waals surface area contributed by atoms with E-state index in [0.717, 1.165) is 47.4 Å². The number of aromatic carboxylic acids is 1. The standard InChI is InChI=1S/C55H74N9O29P3S6/c1-4-97-98-32-88-41-28-43(90-42(41)30-89-95(74,75)93-96(76,77)92-94(71,72)73)64-29-34(49(58)63-53(64)69)9-8-18-61-52(68)60-17-6-5-7-21-86-31-99-100-55(2,3)16-22-87-54(70)62-20-24-85-26-25-84-23-19-59-50(65)33-10-11-35(51(66)67)38(27-33)44-36-12-14-39(56)47(101(78,79)80)45(36)91-46-37(44)13-15-40(57)48(46)102(81,82)83/h10-15,27,29,41-43,56H,4-7,16-26,28,30-32,57H2,1-3H3,(H,59,65)(H,62,70)(H,66,67)(H,74,75)(H,76,77)(H2,58,63,69)(H2,60,61,68)(H2,71,72,73)(H,78,79,80)(H,81,82,83)/t41-,42?,43-/m1/s1. The number of ether oxygens (including phenoxy) is 6. The number of anilines is 2. The molecular formula is C55H74N9O29P3S6. The number of alkyl carbamates (subject to hydrolysis) is 1. The minimum atomic E-state index is -5.79. The van der Waals surface area contributed by atoms with E-state index in [0.29, 0.717) is 31.9 Å². The number of carbonyl (C=O) groups excluding carboxylic acids is 3. The number of nitrogen functional groups attached to an aromatic ring is 2. The highest BCUT2D eigenvalue weighted by molar-refractivity contribution is 8.77. The molecule has 6 rings (SSSR count). The molecule has 47 heteroatoms. The number of nitrogens with two attached hydrogens (primary N) is 2. The van der Waals surface area contributed by atoms with E-state index in [-0.39, 0.29) is 109 Å². The Morgan fingerprint density at radius 2 is 1.51 bits per heavy atom. The largest absolute Gasteiger partial charge is 0.490 e. The van der Waals surface area contributed by atoms with Crippen LogP contribution in [0.5, 0.6) is 0 Å². The fourth-order valence-electron chi connectivity index (χ4n) is 9.24. The van der Waals surface area contributed by atoms with Crippen molar-refractivity contribution in [2.45, 2.75) is 85.8 Å². The Hall–Kier alpha value is -5.92. The quantitative estimate of drug-likeness (QED) is 0.00335. The smallest absolute Gasteiger partial charge is 0.478 e. The van der Waals surface area contributed by atoms with Gasteiger partial charge >= 0.3 is 47.3 Å². The molecule has 564 valence electrons. The first kappa shape index (κ1) is 85.0. The van der Waals surface area contributed by atoms with E-state index in [4.69, 9.17) is 64.0 Å². The summed E-state index contributed by atoms with van der Waals surface area (Å²) in [5, 5.41) is 28.0. The van der Waals surface area contributed by atoms with Gasteiger partial charge in [0.1, 0.15) is 30.0 Å². The highest BCUT2D eigenvalue weighted by atomic mass is 33.1. The maximum atomic E-state index is 13.4. The van der Waals surface area contributed by atoms with Gasteiger partial charge < -0.3 is 90.3 Å². The second-order valence-electron chi connectivity index (χ2n) is 21.8. The van der Waals surface area contributed by atoms with Crippen molar-refractivity contribution in [2.24, 2.45) is 0 Å². The van der Waals surface area contributed by atoms with Crippen LogP contribution >= 0.6 is 66.6 Å². The number of nitrogens with one attached hydrogen (secondary N) is 5. The monoisotopic (exact) mass is 1610 g/mol. The number of nitrogens with zero attached hydrogens (tertiary/aromatic N) is 2. The summed E-state index contributed by atoms with van der Waals surface area (Å²) in [5.74, 6) is 3.46. The zero-order chi connectivity index (χ0) is 75.2. The van der Waals surface area contributed by atoms with E-state index >= 15 is 0 Å². The van der Waals surface area contributed by atoms with Crippen molar-refractivity contribution in [3.63, 3.8) is 0 Å². The summed E-state index contributed by atoms with van der Waals surface area (Å²) < 4.78 is 158. The van der Waals surface area contributed by atoms with Crippen LogP contribution in [-0.4, -0.2) is 191 Å². The van der Waals surface area contributed by atoms with Gasteiger partial charge in [-0.2, -0.15) is 30.4 Å². The average molecular weight is 1610 g/mol. The second-order valence-corrected chi connectivity index (χ2v) is 34.5. The molecule has 3 aliphatic rings. The predicted molar refractivity (Wildman–Crippen MR) is 372 cm³/mol. The van der Waals surface area contributed by atoms with E-state index < -0.39 is 136 Å². The van der Waals surface area contributed by atoms with Crippen LogP contribution in [0.2, 0.25) is 0 Å². The fourth-order valence-corrected chi connectivity index (χ4v) is 17.4. The van der Waals surface area contributed by atoms with Crippen molar-refractivity contribution < 1.29 is 129 Å². The van der Waals surface area contributed by atoms with E-state index in [1.165, 1.54) is 56.8 Å². The Bertz CT molecular complexity index is 4350. The molecule has 0 saturated carbocycles. The molecular weight excluding hydrogens is 1540 g/mol. The van der Waals surface area contributed by atoms with Crippen LogP contribution in [-0.2, 0) is 75.5 Å². The number of urea groups is 1. The molecule has 4 amide bonds. The van der Waals surface area contributed by atoms with Gasteiger partial charge in [0.15, 0.2) is 21.1 Å². The van der Waals surface area contributed by atoms with E-state index in [2.05, 4.69) is 46.7 Å². The average Bonchev–Trinajstić information content (AvgIpc) is 0.783. The molecule has 1 saturated heterocycles. The summed E-state index contributed by atoms with van der Waals surface area (Å²) in [4.78, 5) is 103. The lowest BCUT2D eigenvalue weighted by Crippen LogP contribution is -2.36. The molecule has 38 nitrogen and oxygen atoms in total. The highest BCUT2D eigenvalue weighted by Crippen LogP contribution is 2.66. The van der Waals surface area contributed by atoms with Gasteiger partial charge in [0, 0.05) is 71.4 Å². The lowest BCUT2D eigenvalue weighted by Gasteiger charge is -2.22. The molecule has 3 unspecified atom stereocenters. The van der Waals surface area contributed by atoms with Crippen molar-refractivity contribution in [1.29, 1.82) is 5.41 Å². The molecule has 0 spiro atoms. The first-order chi connectivity index (χ1) is 47.9. The van der Waals surface area contributed by atoms with Gasteiger partial charge in [-0.15, -0.1) is 0 Å². The number of hydrogen-bond donors (Lipinski definition) is 14. The number of rotatable bonds is 41. The number of benzene rings is 3. The summed E-state index contributed by atoms with van der Waals surface area (Å²) in [7, 11) is -21.5. The Morgan fingerprint density at radius 1 is 0.804 bits per heavy atom. The van der Waals surface area contributed by atoms with Gasteiger partial charge in [-0.05, 0) is 87.6 Å². The molecule has 16 N–H and O–H groups in total. The van der Waals surface area contributed by atoms with Gasteiger partial charge in [0.2, 0.25) is 0 Å². The van der Waals surface area contributed by atoms with Gasteiger partial charge in [0.05, 0.1) is 74.5 Å². The molecule has 1 aromatic heterocycles. The highest BCUT2D eigenvalue weighted by Gasteiger charge is 2.44. The van der Waals surface area contributed by atoms with E-state index in [1.807, 2.05) is 20.8 Å². The maximum absolute atomic E-state index is 13.4. The summed E-state index contributed by atoms with van der Waals surface area (Å²) >= 11 is 0. The fraction of sp³-hybridized carbons (Fsp3) is 0.473. The molecule has 0 bridgehead atoms. The number of carbonyl (C=O) groups is 4. The maximum Gasteiger partial charge on any atom is 0.490 e. The van der Waals surface area contributed by atoms with Gasteiger partial charge in [-0.25, -0.2) is 32.9 Å². The molecule has 0 radical (unpaired) electrons. The number of unbranched alkanes of at least 4 members (excludes halogenated alkanes) is 2. The number of amides is 4. The van der Waals surface area contributed by atoms with Crippen molar-refractivity contribution in [3.05, 3.63) is 81.2 Å². The molecule has 2 aromatic carbocycles. The lowest BCUT2D eigenvalue weighted by atomic mass is 9.89. The van der Waals surface area contributed by atoms with Crippen LogP contribution in [0.3, 0.4) is 0 Å². The molecule has 2 aliphatic heterocycles. The normalized spacial score (nSPS) is 16.2. The van der Waals surface area contributed by atoms with Crippen LogP contribution in [0.4, 0.5) is 21.1 Å². The Labute approximate surface area is 598 Å². The minimum Gasteiger partial charge on any atom is -0.478 e. The third-order valence-corrected chi connectivity index (χ3v) is 24.5. The number of carboxylic acid groups (broad SMARTS) is 1. The van der Waals surface area contributed by atoms with Gasteiger partial charge in [-0.1, -0.05) is 61.9 Å². The Kier molecular flexibility index (Phi) is 32.4. The Morgan fingerprint density at radius 3 is 2.19 bits per heavy atom. The molecule has 5 atom stereocenters. The van der Waals surface area contributed by atoms with Crippen molar-refractivity contribution >= 4 is 133 Å². The Balaban J connectivity index is 0.803. The molecule has 102 heavy (non-hydrogen) atoms. The number of hydrogen-bond acceptors (Lipinski definition) is 30. The number of carboxylic acids is 1. The van der Waals surface area contributed by atoms with Crippen LogP contribution in [0, 0.1) is 17.3 Å². The third-order valence-electron chi connectivity index (χ3n) is 13.7. The zero-order valence-electron chi connectivity index (χ0n) is 54.2. The van der Waals surface area contributed by atoms with E-state index in [9.17, 15) is 78.5 Å². The van der Waals surface area contributed by atoms with Crippen molar-refractivity contribution in [3.8, 4) is 34.3 Å². The minimum absolute atomic E-state index is 0.00454. The molecule has 3 heterocycles. The van der Waals surface area contributed by atoms with E-state index in [1.54, 1.807) is 10.8 Å². The first-order valence-corrected chi connectivity index (χ1v) is 42.2. The summed E-state index contributed by atoms with van der Waals surface area (Å²) in [6, 6.07) is 7.35. The SMILES string of the molecule is CCSSCO[C@@H]1C[C@H](n2cc(C#CCNC(=O)NCCCCCOCSSC(C)(C)CCOC(=O)NCCOCCOCCNC(=O)c3ccc(C(=O)O)c(-c4c5ccc(=N)c(S(=O)(=O)O)c-5oc5c(S(=O)(=O)O)c(N)ccc45)c3)c(N)nc2=O)OC1COP(=O)(O)OP(=O)(O)OP(=O)(O)O. The summed E-state index contributed by atoms with van der Waals surface area (Å²) in [6.45, 7) is 6.39. The van der Waals surface area contributed by atoms with Crippen LogP contribution < -0.4 is 43.8 Å². The topological polar surface area (TPSA) is 584 Å². The number of aromatic nitrogens is 2. The number of phosphoric ester groups is 1. The zero-order valence-corrected chi connectivity index (χ0v) is 61.8. The lowest BCUT2D eigenvalue weighted by molar-refractivity contribution is -0.0543. The first-order valence-electron chi connectivity index (χ1n) is 30.0. The number of phosphoric acid groups is 3. The second kappa shape index (κ2) is 38.9. The van der Waals surface area contributed by atoms with Crippen molar-refractivity contribution in [1.82, 2.24) is 30.8 Å². The molecule has 3 aromatic rings. The van der Waals surface area contributed by atoms with Crippen LogP contribution in [0.1, 0.15) is 85.4 Å². The van der Waals surface area contributed by atoms with Gasteiger partial charge in [-0.3, -0.25) is 28.4 Å². The predicted octanol–water partition coefficient (Wildman–Crippen LogP) is 5.51.